The summed E-state index contributed by atoms with van der Waals surface area (Å²) in [7, 11) is 0. The number of ether oxygens (including phenoxy) is 1. The highest BCUT2D eigenvalue weighted by atomic mass is 16.5. The Labute approximate surface area is 114 Å². The van der Waals surface area contributed by atoms with Gasteiger partial charge in [0.05, 0.1) is 5.69 Å². The normalized spacial score (nSPS) is 12.2. The molecule has 1 aromatic heterocycles. The molecule has 0 saturated carbocycles. The Balaban J connectivity index is 2.35. The maximum Gasteiger partial charge on any atom is 0.242 e. The van der Waals surface area contributed by atoms with Crippen LogP contribution in [-0.4, -0.2) is 4.98 Å². The average Bonchev–Trinajstić information content (AvgIpc) is 2.42. The van der Waals surface area contributed by atoms with Gasteiger partial charge in [0.15, 0.2) is 0 Å². The van der Waals surface area contributed by atoms with Crippen LogP contribution < -0.4 is 10.5 Å². The zero-order chi connectivity index (χ0) is 13.8. The smallest absolute Gasteiger partial charge is 0.242 e. The van der Waals surface area contributed by atoms with Crippen molar-refractivity contribution in [1.82, 2.24) is 4.98 Å². The lowest BCUT2D eigenvalue weighted by Crippen LogP contribution is -2.00. The molecular weight excluding hydrogens is 236 g/mol. The van der Waals surface area contributed by atoms with Gasteiger partial charge < -0.3 is 10.5 Å². The van der Waals surface area contributed by atoms with E-state index in [9.17, 15) is 0 Å². The number of benzene rings is 1. The minimum atomic E-state index is 0.447. The Morgan fingerprint density at radius 1 is 1.21 bits per heavy atom. The Morgan fingerprint density at radius 3 is 2.68 bits per heavy atom. The number of nitrogens with two attached hydrogens (primary N) is 1. The van der Waals surface area contributed by atoms with Crippen molar-refractivity contribution in [1.29, 1.82) is 0 Å². The minimum absolute atomic E-state index is 0.447. The summed E-state index contributed by atoms with van der Waals surface area (Å²) in [5.74, 6) is 1.76. The van der Waals surface area contributed by atoms with E-state index in [1.165, 1.54) is 5.56 Å². The Morgan fingerprint density at radius 2 is 1.95 bits per heavy atom. The summed E-state index contributed by atoms with van der Waals surface area (Å²) in [5.41, 5.74) is 8.55. The molecule has 2 rings (SSSR count). The zero-order valence-electron chi connectivity index (χ0n) is 11.7. The third kappa shape index (κ3) is 3.05. The molecule has 0 aliphatic carbocycles. The molecule has 2 aromatic rings. The van der Waals surface area contributed by atoms with Gasteiger partial charge in [-0.1, -0.05) is 32.0 Å². The Bertz CT molecular complexity index is 566. The standard InChI is InChI=1S/C16H20N2O/c1-4-11(2)13-7-5-6-8-15(13)19-16-14(17)10-9-12(3)18-16/h5-11H,4,17H2,1-3H3. The van der Waals surface area contributed by atoms with E-state index in [4.69, 9.17) is 10.5 Å². The lowest BCUT2D eigenvalue weighted by molar-refractivity contribution is 0.453. The van der Waals surface area contributed by atoms with Crippen molar-refractivity contribution in [3.63, 3.8) is 0 Å². The number of pyridine rings is 1. The van der Waals surface area contributed by atoms with Crippen LogP contribution in [0.5, 0.6) is 11.6 Å². The summed E-state index contributed by atoms with van der Waals surface area (Å²) < 4.78 is 5.91. The fraction of sp³-hybridized carbons (Fsp3) is 0.312. The summed E-state index contributed by atoms with van der Waals surface area (Å²) in [5, 5.41) is 0. The van der Waals surface area contributed by atoms with Crippen molar-refractivity contribution in [2.45, 2.75) is 33.1 Å². The highest BCUT2D eigenvalue weighted by molar-refractivity contribution is 5.51. The molecule has 1 aromatic carbocycles. The first-order chi connectivity index (χ1) is 9.11. The molecule has 3 nitrogen and oxygen atoms in total. The third-order valence-electron chi connectivity index (χ3n) is 3.30. The molecule has 0 fully saturated rings. The van der Waals surface area contributed by atoms with Crippen molar-refractivity contribution in [3.05, 3.63) is 47.7 Å². The molecule has 0 saturated heterocycles. The van der Waals surface area contributed by atoms with E-state index < -0.39 is 0 Å². The highest BCUT2D eigenvalue weighted by Crippen LogP contribution is 2.33. The number of para-hydroxylation sites is 1. The van der Waals surface area contributed by atoms with E-state index in [-0.39, 0.29) is 0 Å². The van der Waals surface area contributed by atoms with Gasteiger partial charge in [0.25, 0.3) is 0 Å². The largest absolute Gasteiger partial charge is 0.437 e. The van der Waals surface area contributed by atoms with Gasteiger partial charge in [-0.2, -0.15) is 0 Å². The Kier molecular flexibility index (Phi) is 4.05. The Hall–Kier alpha value is -2.03. The van der Waals surface area contributed by atoms with E-state index >= 15 is 0 Å². The first-order valence-corrected chi connectivity index (χ1v) is 6.61. The van der Waals surface area contributed by atoms with Gasteiger partial charge in [0.1, 0.15) is 5.75 Å². The van der Waals surface area contributed by atoms with Crippen LogP contribution in [0.1, 0.15) is 37.4 Å². The van der Waals surface area contributed by atoms with Gasteiger partial charge in [-0.3, -0.25) is 0 Å². The topological polar surface area (TPSA) is 48.1 Å². The van der Waals surface area contributed by atoms with Gasteiger partial charge in [0, 0.05) is 5.69 Å². The van der Waals surface area contributed by atoms with Gasteiger partial charge in [0.2, 0.25) is 5.88 Å². The molecule has 100 valence electrons. The lowest BCUT2D eigenvalue weighted by atomic mass is 9.98. The van der Waals surface area contributed by atoms with Crippen LogP contribution in [0.4, 0.5) is 5.69 Å². The third-order valence-corrected chi connectivity index (χ3v) is 3.30. The zero-order valence-corrected chi connectivity index (χ0v) is 11.7. The number of aromatic nitrogens is 1. The second-order valence-electron chi connectivity index (χ2n) is 4.80. The van der Waals surface area contributed by atoms with Crippen molar-refractivity contribution in [3.8, 4) is 11.6 Å². The SMILES string of the molecule is CCC(C)c1ccccc1Oc1nc(C)ccc1N. The van der Waals surface area contributed by atoms with Crippen molar-refractivity contribution in [2.24, 2.45) is 0 Å². The van der Waals surface area contributed by atoms with Crippen molar-refractivity contribution >= 4 is 5.69 Å². The molecule has 1 unspecified atom stereocenters. The van der Waals surface area contributed by atoms with Gasteiger partial charge in [-0.25, -0.2) is 4.98 Å². The first-order valence-electron chi connectivity index (χ1n) is 6.61. The van der Waals surface area contributed by atoms with Crippen LogP contribution in [0.15, 0.2) is 36.4 Å². The molecule has 0 amide bonds. The van der Waals surface area contributed by atoms with Crippen LogP contribution in [-0.2, 0) is 0 Å². The van der Waals surface area contributed by atoms with Gasteiger partial charge >= 0.3 is 0 Å². The molecule has 0 aliphatic heterocycles. The summed E-state index contributed by atoms with van der Waals surface area (Å²) in [4.78, 5) is 4.35. The van der Waals surface area contributed by atoms with E-state index in [2.05, 4.69) is 24.9 Å². The summed E-state index contributed by atoms with van der Waals surface area (Å²) in [6.45, 7) is 6.28. The number of aryl methyl sites for hydroxylation is 1. The molecule has 19 heavy (non-hydrogen) atoms. The molecule has 0 aliphatic rings. The fourth-order valence-electron chi connectivity index (χ4n) is 1.93. The average molecular weight is 256 g/mol. The van der Waals surface area contributed by atoms with Crippen LogP contribution >= 0.6 is 0 Å². The molecule has 0 bridgehead atoms. The molecule has 0 spiro atoms. The quantitative estimate of drug-likeness (QED) is 0.888. The fourth-order valence-corrected chi connectivity index (χ4v) is 1.93. The first kappa shape index (κ1) is 13.4. The molecule has 2 N–H and O–H groups in total. The summed E-state index contributed by atoms with van der Waals surface area (Å²) in [6, 6.07) is 11.8. The summed E-state index contributed by atoms with van der Waals surface area (Å²) >= 11 is 0. The van der Waals surface area contributed by atoms with E-state index in [1.807, 2.05) is 37.3 Å². The van der Waals surface area contributed by atoms with Crippen molar-refractivity contribution in [2.75, 3.05) is 5.73 Å². The van der Waals surface area contributed by atoms with Crippen LogP contribution in [0, 0.1) is 6.92 Å². The van der Waals surface area contributed by atoms with Crippen molar-refractivity contribution < 1.29 is 4.74 Å². The number of nitrogens with zero attached hydrogens (tertiary/aromatic N) is 1. The predicted molar refractivity (Wildman–Crippen MR) is 78.6 cm³/mol. The molecule has 0 radical (unpaired) electrons. The molecule has 1 atom stereocenters. The predicted octanol–water partition coefficient (Wildman–Crippen LogP) is 4.28. The molecule has 3 heteroatoms. The number of anilines is 1. The van der Waals surface area contributed by atoms with E-state index in [1.54, 1.807) is 0 Å². The number of hydrogen-bond acceptors (Lipinski definition) is 3. The molecular formula is C16H20N2O. The summed E-state index contributed by atoms with van der Waals surface area (Å²) in [6.07, 6.45) is 1.07. The van der Waals surface area contributed by atoms with E-state index in [0.29, 0.717) is 17.5 Å². The second kappa shape index (κ2) is 5.74. The number of rotatable bonds is 4. The maximum absolute atomic E-state index is 5.91. The van der Waals surface area contributed by atoms with Crippen LogP contribution in [0.3, 0.4) is 0 Å². The minimum Gasteiger partial charge on any atom is -0.437 e. The van der Waals surface area contributed by atoms with Crippen LogP contribution in [0.2, 0.25) is 0 Å². The number of hydrogen-bond donors (Lipinski definition) is 1. The monoisotopic (exact) mass is 256 g/mol. The lowest BCUT2D eigenvalue weighted by Gasteiger charge is -2.15. The highest BCUT2D eigenvalue weighted by Gasteiger charge is 2.12. The second-order valence-corrected chi connectivity index (χ2v) is 4.80. The van der Waals surface area contributed by atoms with E-state index in [0.717, 1.165) is 17.9 Å². The maximum atomic E-state index is 5.91. The van der Waals surface area contributed by atoms with Gasteiger partial charge in [-0.05, 0) is 43.0 Å². The molecule has 1 heterocycles. The number of nitrogen functional groups attached to an aromatic ring is 1. The van der Waals surface area contributed by atoms with Gasteiger partial charge in [-0.15, -0.1) is 0 Å². The van der Waals surface area contributed by atoms with Crippen LogP contribution in [0.25, 0.3) is 0 Å².